The highest BCUT2D eigenvalue weighted by atomic mass is 19.4. The molecule has 0 unspecified atom stereocenters. The number of hydrogen-bond donors (Lipinski definition) is 3. The molecule has 0 saturated carbocycles. The average molecular weight is 399 g/mol. The minimum absolute atomic E-state index is 0.223. The fourth-order valence-corrected chi connectivity index (χ4v) is 2.56. The molecule has 6 nitrogen and oxygen atoms in total. The number of pyridine rings is 2. The Balaban J connectivity index is 1.83. The van der Waals surface area contributed by atoms with Gasteiger partial charge in [0.05, 0.1) is 5.52 Å². The summed E-state index contributed by atoms with van der Waals surface area (Å²) in [4.78, 5) is 20.7. The van der Waals surface area contributed by atoms with Crippen molar-refractivity contribution in [1.29, 1.82) is 5.41 Å². The standard InChI is InChI=1S/C20H16F3N5O/c1-25-18(10-17(24)20(21,22)23)28-19(29)14-3-2-13-8-15(11-27-16(13)9-14)12-4-6-26-7-5-12/h2-11,24-25H,1H3,(H,28,29)/b18-10+,24-17?. The number of rotatable bonds is 5. The number of carbonyl (C=O) groups excluding carboxylic acids is 1. The van der Waals surface area contributed by atoms with Crippen LogP contribution in [0.1, 0.15) is 10.4 Å². The van der Waals surface area contributed by atoms with E-state index < -0.39 is 17.8 Å². The number of nitrogens with one attached hydrogen (secondary N) is 3. The summed E-state index contributed by atoms with van der Waals surface area (Å²) in [6.07, 6.45) is 0.740. The van der Waals surface area contributed by atoms with E-state index in [1.807, 2.05) is 18.2 Å². The van der Waals surface area contributed by atoms with Crippen molar-refractivity contribution < 1.29 is 18.0 Å². The molecule has 0 radical (unpaired) electrons. The Morgan fingerprint density at radius 3 is 2.48 bits per heavy atom. The molecule has 0 aliphatic rings. The summed E-state index contributed by atoms with van der Waals surface area (Å²) < 4.78 is 37.5. The maximum atomic E-state index is 12.5. The van der Waals surface area contributed by atoms with Gasteiger partial charge in [-0.3, -0.25) is 20.2 Å². The van der Waals surface area contributed by atoms with E-state index in [4.69, 9.17) is 5.41 Å². The molecule has 1 aromatic carbocycles. The van der Waals surface area contributed by atoms with Crippen LogP contribution in [-0.4, -0.2) is 34.8 Å². The van der Waals surface area contributed by atoms with Gasteiger partial charge in [-0.1, -0.05) is 6.07 Å². The summed E-state index contributed by atoms with van der Waals surface area (Å²) >= 11 is 0. The lowest BCUT2D eigenvalue weighted by Crippen LogP contribution is -2.32. The Bertz CT molecular complexity index is 1090. The van der Waals surface area contributed by atoms with Gasteiger partial charge in [0, 0.05) is 48.2 Å². The first-order valence-corrected chi connectivity index (χ1v) is 8.44. The zero-order valence-electron chi connectivity index (χ0n) is 15.2. The fraction of sp³-hybridized carbons (Fsp3) is 0.100. The second kappa shape index (κ2) is 8.09. The molecule has 9 heteroatoms. The van der Waals surface area contributed by atoms with Gasteiger partial charge in [-0.25, -0.2) is 0 Å². The minimum Gasteiger partial charge on any atom is -0.375 e. The van der Waals surface area contributed by atoms with E-state index in [0.717, 1.165) is 16.5 Å². The van der Waals surface area contributed by atoms with Crippen molar-refractivity contribution >= 4 is 22.5 Å². The highest BCUT2D eigenvalue weighted by molar-refractivity contribution is 6.01. The predicted octanol–water partition coefficient (Wildman–Crippen LogP) is 3.67. The van der Waals surface area contributed by atoms with Crippen molar-refractivity contribution in [3.05, 3.63) is 72.4 Å². The second-order valence-corrected chi connectivity index (χ2v) is 6.04. The Hall–Kier alpha value is -3.75. The number of benzene rings is 1. The van der Waals surface area contributed by atoms with E-state index >= 15 is 0 Å². The zero-order chi connectivity index (χ0) is 21.0. The average Bonchev–Trinajstić information content (AvgIpc) is 2.72. The molecular formula is C20H16F3N5O. The molecule has 0 spiro atoms. The lowest BCUT2D eigenvalue weighted by molar-refractivity contribution is -0.0584. The summed E-state index contributed by atoms with van der Waals surface area (Å²) in [6, 6.07) is 10.4. The number of allylic oxidation sites excluding steroid dienone is 1. The van der Waals surface area contributed by atoms with Crippen molar-refractivity contribution in [2.24, 2.45) is 0 Å². The second-order valence-electron chi connectivity index (χ2n) is 6.04. The number of carbonyl (C=O) groups is 1. The predicted molar refractivity (Wildman–Crippen MR) is 103 cm³/mol. The van der Waals surface area contributed by atoms with Gasteiger partial charge in [-0.2, -0.15) is 13.2 Å². The third-order valence-electron chi connectivity index (χ3n) is 4.07. The van der Waals surface area contributed by atoms with Crippen LogP contribution >= 0.6 is 0 Å². The third kappa shape index (κ3) is 4.75. The monoisotopic (exact) mass is 399 g/mol. The summed E-state index contributed by atoms with van der Waals surface area (Å²) in [5.41, 5.74) is 1.05. The molecule has 1 amide bonds. The first-order valence-electron chi connectivity index (χ1n) is 8.44. The van der Waals surface area contributed by atoms with Crippen LogP contribution in [0.4, 0.5) is 13.2 Å². The van der Waals surface area contributed by atoms with Crippen LogP contribution in [0.15, 0.2) is 66.9 Å². The first kappa shape index (κ1) is 20.0. The molecule has 148 valence electrons. The van der Waals surface area contributed by atoms with E-state index in [-0.39, 0.29) is 11.4 Å². The highest BCUT2D eigenvalue weighted by Crippen LogP contribution is 2.23. The lowest BCUT2D eigenvalue weighted by atomic mass is 10.1. The van der Waals surface area contributed by atoms with Gasteiger partial charge in [0.2, 0.25) is 0 Å². The summed E-state index contributed by atoms with van der Waals surface area (Å²) in [5, 5.41) is 12.6. The largest absolute Gasteiger partial charge is 0.432 e. The Morgan fingerprint density at radius 2 is 1.83 bits per heavy atom. The van der Waals surface area contributed by atoms with Gasteiger partial charge in [-0.15, -0.1) is 0 Å². The van der Waals surface area contributed by atoms with Gasteiger partial charge < -0.3 is 10.6 Å². The molecular weight excluding hydrogens is 383 g/mol. The molecule has 2 aromatic heterocycles. The molecule has 0 atom stereocenters. The van der Waals surface area contributed by atoms with Gasteiger partial charge in [0.1, 0.15) is 11.5 Å². The van der Waals surface area contributed by atoms with Crippen LogP contribution in [-0.2, 0) is 0 Å². The number of halogens is 3. The molecule has 3 aromatic rings. The van der Waals surface area contributed by atoms with Crippen LogP contribution in [0, 0.1) is 5.41 Å². The van der Waals surface area contributed by atoms with Crippen LogP contribution in [0.5, 0.6) is 0 Å². The Kier molecular flexibility index (Phi) is 5.58. The van der Waals surface area contributed by atoms with Gasteiger partial charge in [-0.05, 0) is 35.9 Å². The van der Waals surface area contributed by atoms with Crippen molar-refractivity contribution in [3.8, 4) is 11.1 Å². The quantitative estimate of drug-likeness (QED) is 0.571. The molecule has 0 aliphatic heterocycles. The summed E-state index contributed by atoms with van der Waals surface area (Å²) in [6.45, 7) is 0. The molecule has 29 heavy (non-hydrogen) atoms. The van der Waals surface area contributed by atoms with Crippen LogP contribution in [0.25, 0.3) is 22.0 Å². The van der Waals surface area contributed by atoms with E-state index in [2.05, 4.69) is 20.6 Å². The van der Waals surface area contributed by atoms with Gasteiger partial charge in [0.15, 0.2) is 0 Å². The smallest absolute Gasteiger partial charge is 0.375 e. The van der Waals surface area contributed by atoms with Crippen molar-refractivity contribution in [3.63, 3.8) is 0 Å². The van der Waals surface area contributed by atoms with Crippen molar-refractivity contribution in [2.45, 2.75) is 6.18 Å². The third-order valence-corrected chi connectivity index (χ3v) is 4.07. The number of alkyl halides is 3. The normalized spacial score (nSPS) is 11.9. The number of hydrogen-bond acceptors (Lipinski definition) is 5. The van der Waals surface area contributed by atoms with Crippen LogP contribution in [0.3, 0.4) is 0 Å². The SMILES string of the molecule is CN/C(=C\C(=N)C(F)(F)F)NC(=O)c1ccc2cc(-c3ccncc3)cnc2c1. The van der Waals surface area contributed by atoms with Crippen LogP contribution < -0.4 is 10.6 Å². The molecule has 3 N–H and O–H groups in total. The van der Waals surface area contributed by atoms with E-state index in [1.165, 1.54) is 7.05 Å². The topological polar surface area (TPSA) is 90.8 Å². The zero-order valence-corrected chi connectivity index (χ0v) is 15.2. The molecule has 0 aliphatic carbocycles. The van der Waals surface area contributed by atoms with Crippen molar-refractivity contribution in [2.75, 3.05) is 7.05 Å². The van der Waals surface area contributed by atoms with E-state index in [9.17, 15) is 18.0 Å². The molecule has 3 rings (SSSR count). The minimum atomic E-state index is -4.80. The lowest BCUT2D eigenvalue weighted by Gasteiger charge is -2.11. The number of nitrogens with zero attached hydrogens (tertiary/aromatic N) is 2. The number of fused-ring (bicyclic) bond motifs is 1. The number of amides is 1. The van der Waals surface area contributed by atoms with Gasteiger partial charge in [0.25, 0.3) is 5.91 Å². The summed E-state index contributed by atoms with van der Waals surface area (Å²) in [7, 11) is 1.35. The molecule has 0 fully saturated rings. The molecule has 0 saturated heterocycles. The maximum absolute atomic E-state index is 12.5. The van der Waals surface area contributed by atoms with E-state index in [1.54, 1.807) is 36.8 Å². The summed E-state index contributed by atoms with van der Waals surface area (Å²) in [5.74, 6) is -0.860. The van der Waals surface area contributed by atoms with Crippen molar-refractivity contribution in [1.82, 2.24) is 20.6 Å². The number of aromatic nitrogens is 2. The Morgan fingerprint density at radius 1 is 1.10 bits per heavy atom. The highest BCUT2D eigenvalue weighted by Gasteiger charge is 2.33. The van der Waals surface area contributed by atoms with Crippen LogP contribution in [0.2, 0.25) is 0 Å². The maximum Gasteiger partial charge on any atom is 0.432 e. The Labute approximate surface area is 164 Å². The first-order chi connectivity index (χ1) is 13.8. The molecule has 2 heterocycles. The fourth-order valence-electron chi connectivity index (χ4n) is 2.56. The molecule has 0 bridgehead atoms. The van der Waals surface area contributed by atoms with E-state index in [0.29, 0.717) is 11.6 Å². The van der Waals surface area contributed by atoms with Gasteiger partial charge >= 0.3 is 6.18 Å².